The Balaban J connectivity index is 1.27. The predicted octanol–water partition coefficient (Wildman–Crippen LogP) is 4.51. The highest BCUT2D eigenvalue weighted by Gasteiger charge is 2.30. The van der Waals surface area contributed by atoms with Gasteiger partial charge in [-0.25, -0.2) is 20.9 Å². The largest absolute Gasteiger partial charge is 0.315 e. The zero-order valence-corrected chi connectivity index (χ0v) is 19.6. The first kappa shape index (κ1) is 22.1. The first-order valence-electron chi connectivity index (χ1n) is 11.9. The lowest BCUT2D eigenvalue weighted by Crippen LogP contribution is -2.16. The standard InChI is InChI=1S/C26H23FN8O/c1-15-10-19(27)18(11-22(15)34-13-21(29-14-34)16-6-7-16)26(36)31-23-5-3-4-20(30-23)25-33-32-24-9-8-17(12-28-2)35(24)25/h3-5,10-11,13-14,16-17H,6-9,12H2,1H3,(H,30,31,36)/t17-/m0/s1. The summed E-state index contributed by atoms with van der Waals surface area (Å²) in [6, 6.07) is 8.09. The molecule has 10 heteroatoms. The summed E-state index contributed by atoms with van der Waals surface area (Å²) >= 11 is 0. The monoisotopic (exact) mass is 482 g/mol. The molecule has 1 aliphatic carbocycles. The smallest absolute Gasteiger partial charge is 0.259 e. The van der Waals surface area contributed by atoms with E-state index >= 15 is 0 Å². The van der Waals surface area contributed by atoms with E-state index in [2.05, 4.69) is 30.3 Å². The van der Waals surface area contributed by atoms with E-state index in [1.54, 1.807) is 37.5 Å². The van der Waals surface area contributed by atoms with Crippen LogP contribution in [0.15, 0.2) is 42.9 Å². The van der Waals surface area contributed by atoms with Gasteiger partial charge in [-0.15, -0.1) is 10.2 Å². The summed E-state index contributed by atoms with van der Waals surface area (Å²) < 4.78 is 18.7. The molecule has 1 amide bonds. The molecule has 1 atom stereocenters. The molecule has 1 aromatic carbocycles. The molecular formula is C26H23FN8O. The third kappa shape index (κ3) is 3.92. The molecule has 36 heavy (non-hydrogen) atoms. The fraction of sp³-hybridized carbons (Fsp3) is 0.308. The van der Waals surface area contributed by atoms with Gasteiger partial charge in [-0.05, 0) is 56.0 Å². The van der Waals surface area contributed by atoms with Crippen LogP contribution < -0.4 is 5.32 Å². The average Bonchev–Trinajstić information content (AvgIpc) is 3.25. The molecule has 0 unspecified atom stereocenters. The van der Waals surface area contributed by atoms with Crippen molar-refractivity contribution in [2.45, 2.75) is 44.6 Å². The molecule has 0 bridgehead atoms. The number of rotatable bonds is 6. The fourth-order valence-corrected chi connectivity index (χ4v) is 4.74. The number of imidazole rings is 1. The van der Waals surface area contributed by atoms with Crippen LogP contribution >= 0.6 is 0 Å². The molecule has 0 radical (unpaired) electrons. The number of carbonyl (C=O) groups excluding carboxylic acids is 1. The molecule has 3 aromatic heterocycles. The summed E-state index contributed by atoms with van der Waals surface area (Å²) in [5.74, 6) is 0.949. The lowest BCUT2D eigenvalue weighted by atomic mass is 10.1. The minimum atomic E-state index is -0.607. The molecule has 1 fully saturated rings. The van der Waals surface area contributed by atoms with Crippen molar-refractivity contribution in [1.82, 2.24) is 29.3 Å². The Morgan fingerprint density at radius 3 is 2.92 bits per heavy atom. The number of fused-ring (bicyclic) bond motifs is 1. The number of amides is 1. The lowest BCUT2D eigenvalue weighted by molar-refractivity contribution is 0.102. The summed E-state index contributed by atoms with van der Waals surface area (Å²) in [7, 11) is 0. The Morgan fingerprint density at radius 2 is 2.11 bits per heavy atom. The third-order valence-corrected chi connectivity index (χ3v) is 6.76. The van der Waals surface area contributed by atoms with E-state index in [9.17, 15) is 9.18 Å². The predicted molar refractivity (Wildman–Crippen MR) is 130 cm³/mol. The summed E-state index contributed by atoms with van der Waals surface area (Å²) in [5.41, 5.74) is 2.87. The Morgan fingerprint density at radius 1 is 1.25 bits per heavy atom. The van der Waals surface area contributed by atoms with Crippen LogP contribution in [0.3, 0.4) is 0 Å². The summed E-state index contributed by atoms with van der Waals surface area (Å²) in [6.45, 7) is 9.38. The SMILES string of the molecule is [C-]#[N+]C[C@@H]1CCc2nnc(-c3cccc(NC(=O)c4cc(-n5cnc(C6CC6)c5)c(C)cc4F)n3)n21. The fourth-order valence-electron chi connectivity index (χ4n) is 4.74. The van der Waals surface area contributed by atoms with Crippen LogP contribution in [0.5, 0.6) is 0 Å². The number of pyridine rings is 1. The number of hydrogen-bond acceptors (Lipinski definition) is 5. The maximum Gasteiger partial charge on any atom is 0.259 e. The molecule has 2 aliphatic rings. The normalized spacial score (nSPS) is 16.5. The van der Waals surface area contributed by atoms with Crippen molar-refractivity contribution >= 4 is 11.7 Å². The van der Waals surface area contributed by atoms with Crippen LogP contribution in [0.25, 0.3) is 22.1 Å². The van der Waals surface area contributed by atoms with E-state index < -0.39 is 11.7 Å². The molecule has 1 saturated carbocycles. The molecule has 1 aliphatic heterocycles. The molecule has 9 nitrogen and oxygen atoms in total. The Hall–Kier alpha value is -4.39. The Kier molecular flexibility index (Phi) is 5.33. The number of anilines is 1. The second-order valence-electron chi connectivity index (χ2n) is 9.30. The molecule has 180 valence electrons. The van der Waals surface area contributed by atoms with Gasteiger partial charge in [0, 0.05) is 18.5 Å². The van der Waals surface area contributed by atoms with Crippen molar-refractivity contribution in [3.05, 3.63) is 82.7 Å². The molecule has 4 aromatic rings. The van der Waals surface area contributed by atoms with Crippen molar-refractivity contribution in [3.63, 3.8) is 0 Å². The van der Waals surface area contributed by atoms with Crippen LogP contribution in [-0.4, -0.2) is 41.8 Å². The second kappa shape index (κ2) is 8.68. The highest BCUT2D eigenvalue weighted by atomic mass is 19.1. The summed E-state index contributed by atoms with van der Waals surface area (Å²) in [6.07, 6.45) is 7.53. The zero-order chi connectivity index (χ0) is 24.8. The van der Waals surface area contributed by atoms with Crippen LogP contribution in [0.4, 0.5) is 10.2 Å². The van der Waals surface area contributed by atoms with Gasteiger partial charge in [0.1, 0.15) is 29.2 Å². The van der Waals surface area contributed by atoms with E-state index in [0.717, 1.165) is 37.2 Å². The summed E-state index contributed by atoms with van der Waals surface area (Å²) in [4.78, 5) is 25.6. The average molecular weight is 483 g/mol. The molecular weight excluding hydrogens is 459 g/mol. The van der Waals surface area contributed by atoms with Gasteiger partial charge in [-0.3, -0.25) is 9.36 Å². The first-order valence-corrected chi connectivity index (χ1v) is 11.9. The van der Waals surface area contributed by atoms with Gasteiger partial charge in [-0.2, -0.15) is 0 Å². The maximum atomic E-state index is 14.9. The van der Waals surface area contributed by atoms with Crippen LogP contribution in [0.2, 0.25) is 0 Å². The maximum absolute atomic E-state index is 14.9. The quantitative estimate of drug-likeness (QED) is 0.408. The van der Waals surface area contributed by atoms with Gasteiger partial charge in [0.25, 0.3) is 5.91 Å². The van der Waals surface area contributed by atoms with Crippen LogP contribution in [-0.2, 0) is 6.42 Å². The van der Waals surface area contributed by atoms with Gasteiger partial charge in [0.15, 0.2) is 5.82 Å². The number of nitrogens with one attached hydrogen (secondary N) is 1. The molecule has 0 spiro atoms. The van der Waals surface area contributed by atoms with Gasteiger partial charge in [-0.1, -0.05) is 6.07 Å². The minimum absolute atomic E-state index is 0.00577. The lowest BCUT2D eigenvalue weighted by Gasteiger charge is -2.12. The van der Waals surface area contributed by atoms with Gasteiger partial charge in [0.2, 0.25) is 6.54 Å². The van der Waals surface area contributed by atoms with E-state index in [1.165, 1.54) is 6.07 Å². The van der Waals surface area contributed by atoms with E-state index in [0.29, 0.717) is 35.2 Å². The van der Waals surface area contributed by atoms with Crippen molar-refractivity contribution in [2.24, 2.45) is 0 Å². The van der Waals surface area contributed by atoms with E-state index in [4.69, 9.17) is 6.57 Å². The number of aromatic nitrogens is 6. The molecule has 6 rings (SSSR count). The number of aryl methyl sites for hydroxylation is 2. The number of carbonyl (C=O) groups is 1. The Labute approximate surface area is 206 Å². The second-order valence-corrected chi connectivity index (χ2v) is 9.30. The topological polar surface area (TPSA) is 94.9 Å². The van der Waals surface area contributed by atoms with Crippen molar-refractivity contribution in [2.75, 3.05) is 11.9 Å². The Bertz CT molecular complexity index is 1530. The highest BCUT2D eigenvalue weighted by molar-refractivity contribution is 6.04. The highest BCUT2D eigenvalue weighted by Crippen LogP contribution is 2.39. The number of nitrogens with zero attached hydrogens (tertiary/aromatic N) is 7. The third-order valence-electron chi connectivity index (χ3n) is 6.76. The van der Waals surface area contributed by atoms with E-state index in [1.807, 2.05) is 15.3 Å². The number of hydrogen-bond donors (Lipinski definition) is 1. The van der Waals surface area contributed by atoms with Gasteiger partial charge < -0.3 is 14.7 Å². The zero-order valence-electron chi connectivity index (χ0n) is 19.6. The van der Waals surface area contributed by atoms with Crippen LogP contribution in [0.1, 0.15) is 58.7 Å². The number of halogens is 1. The van der Waals surface area contributed by atoms with Crippen LogP contribution in [0, 0.1) is 19.3 Å². The van der Waals surface area contributed by atoms with Crippen molar-refractivity contribution in [3.8, 4) is 17.2 Å². The van der Waals surface area contributed by atoms with E-state index in [-0.39, 0.29) is 17.4 Å². The minimum Gasteiger partial charge on any atom is -0.315 e. The molecule has 0 saturated heterocycles. The number of benzene rings is 1. The van der Waals surface area contributed by atoms with Crippen molar-refractivity contribution in [1.29, 1.82) is 0 Å². The molecule has 4 heterocycles. The summed E-state index contributed by atoms with van der Waals surface area (Å²) in [5, 5.41) is 11.2. The van der Waals surface area contributed by atoms with Gasteiger partial charge >= 0.3 is 0 Å². The van der Waals surface area contributed by atoms with Gasteiger partial charge in [0.05, 0.1) is 23.3 Å². The van der Waals surface area contributed by atoms with Crippen molar-refractivity contribution < 1.29 is 9.18 Å². The first-order chi connectivity index (χ1) is 17.5. The molecule has 1 N–H and O–H groups in total.